The highest BCUT2D eigenvalue weighted by Crippen LogP contribution is 2.26. The van der Waals surface area contributed by atoms with Crippen LogP contribution in [0.5, 0.6) is 0 Å². The molecule has 2 aliphatic rings. The van der Waals surface area contributed by atoms with Gasteiger partial charge in [-0.15, -0.1) is 0 Å². The summed E-state index contributed by atoms with van der Waals surface area (Å²) >= 11 is 0. The van der Waals surface area contributed by atoms with Gasteiger partial charge < -0.3 is 5.32 Å². The Bertz CT molecular complexity index is 387. The standard InChI is InChI=1S/C14H24N4/c1-12-10-16-18(11-12)9-6-15-13-5-8-17-7-3-2-4-14(13)17/h10-11,13-15H,2-9H2,1H3. The molecule has 4 nitrogen and oxygen atoms in total. The van der Waals surface area contributed by atoms with E-state index in [1.165, 1.54) is 44.3 Å². The van der Waals surface area contributed by atoms with E-state index in [9.17, 15) is 0 Å². The molecule has 100 valence electrons. The van der Waals surface area contributed by atoms with Crippen LogP contribution in [0.25, 0.3) is 0 Å². The van der Waals surface area contributed by atoms with Gasteiger partial charge in [-0.2, -0.15) is 5.10 Å². The molecular formula is C14H24N4. The lowest BCUT2D eigenvalue weighted by molar-refractivity contribution is 0.180. The van der Waals surface area contributed by atoms with Crippen LogP contribution in [-0.4, -0.2) is 46.4 Å². The second-order valence-corrected chi connectivity index (χ2v) is 5.73. The number of hydrogen-bond acceptors (Lipinski definition) is 3. The highest BCUT2D eigenvalue weighted by molar-refractivity contribution is 4.99. The first-order valence-corrected chi connectivity index (χ1v) is 7.29. The van der Waals surface area contributed by atoms with Gasteiger partial charge in [0.25, 0.3) is 0 Å². The zero-order valence-electron chi connectivity index (χ0n) is 11.3. The second-order valence-electron chi connectivity index (χ2n) is 5.73. The van der Waals surface area contributed by atoms with Crippen LogP contribution in [0, 0.1) is 6.92 Å². The number of fused-ring (bicyclic) bond motifs is 1. The first-order valence-electron chi connectivity index (χ1n) is 7.29. The molecule has 0 saturated carbocycles. The van der Waals surface area contributed by atoms with Crippen molar-refractivity contribution < 1.29 is 0 Å². The molecule has 0 amide bonds. The summed E-state index contributed by atoms with van der Waals surface area (Å²) in [6, 6.07) is 1.51. The topological polar surface area (TPSA) is 33.1 Å². The molecule has 0 aromatic carbocycles. The van der Waals surface area contributed by atoms with Crippen molar-refractivity contribution in [3.8, 4) is 0 Å². The molecule has 4 heteroatoms. The van der Waals surface area contributed by atoms with Crippen molar-refractivity contribution in [2.24, 2.45) is 0 Å². The van der Waals surface area contributed by atoms with Crippen molar-refractivity contribution in [1.29, 1.82) is 0 Å². The summed E-state index contributed by atoms with van der Waals surface area (Å²) in [5, 5.41) is 8.06. The number of aryl methyl sites for hydroxylation is 1. The summed E-state index contributed by atoms with van der Waals surface area (Å²) in [5.74, 6) is 0. The fourth-order valence-electron chi connectivity index (χ4n) is 3.44. The van der Waals surface area contributed by atoms with Crippen LogP contribution in [-0.2, 0) is 6.54 Å². The Balaban J connectivity index is 1.46. The Morgan fingerprint density at radius 2 is 2.28 bits per heavy atom. The van der Waals surface area contributed by atoms with Crippen molar-refractivity contribution in [2.45, 2.75) is 51.2 Å². The zero-order valence-corrected chi connectivity index (χ0v) is 11.3. The third-order valence-corrected chi connectivity index (χ3v) is 4.37. The van der Waals surface area contributed by atoms with Crippen molar-refractivity contribution in [3.05, 3.63) is 18.0 Å². The summed E-state index contributed by atoms with van der Waals surface area (Å²) in [4.78, 5) is 2.68. The molecule has 2 unspecified atom stereocenters. The van der Waals surface area contributed by atoms with E-state index in [0.29, 0.717) is 6.04 Å². The van der Waals surface area contributed by atoms with Crippen molar-refractivity contribution in [1.82, 2.24) is 20.0 Å². The first-order chi connectivity index (χ1) is 8.83. The molecule has 18 heavy (non-hydrogen) atoms. The second kappa shape index (κ2) is 5.41. The molecule has 2 saturated heterocycles. The van der Waals surface area contributed by atoms with Crippen LogP contribution >= 0.6 is 0 Å². The molecule has 0 radical (unpaired) electrons. The van der Waals surface area contributed by atoms with Crippen LogP contribution < -0.4 is 5.32 Å². The summed E-state index contributed by atoms with van der Waals surface area (Å²) in [5.41, 5.74) is 1.24. The Kier molecular flexibility index (Phi) is 3.66. The smallest absolute Gasteiger partial charge is 0.0534 e. The normalized spacial score (nSPS) is 28.5. The average Bonchev–Trinajstić information content (AvgIpc) is 2.97. The van der Waals surface area contributed by atoms with E-state index in [1.807, 2.05) is 10.9 Å². The summed E-state index contributed by atoms with van der Waals surface area (Å²) in [6.45, 7) is 6.73. The van der Waals surface area contributed by atoms with Gasteiger partial charge in [0.2, 0.25) is 0 Å². The lowest BCUT2D eigenvalue weighted by Crippen LogP contribution is -2.45. The molecule has 0 bridgehead atoms. The van der Waals surface area contributed by atoms with Gasteiger partial charge in [-0.05, 0) is 38.3 Å². The van der Waals surface area contributed by atoms with Gasteiger partial charge in [-0.3, -0.25) is 9.58 Å². The molecule has 2 aliphatic heterocycles. The summed E-state index contributed by atoms with van der Waals surface area (Å²) in [6.07, 6.45) is 9.57. The number of hydrogen-bond donors (Lipinski definition) is 1. The lowest BCUT2D eigenvalue weighted by Gasteiger charge is -2.32. The predicted octanol–water partition coefficient (Wildman–Crippen LogP) is 1.41. The molecule has 1 N–H and O–H groups in total. The van der Waals surface area contributed by atoms with Gasteiger partial charge in [-0.25, -0.2) is 0 Å². The van der Waals surface area contributed by atoms with Crippen molar-refractivity contribution in [2.75, 3.05) is 19.6 Å². The largest absolute Gasteiger partial charge is 0.311 e. The Morgan fingerprint density at radius 1 is 1.33 bits per heavy atom. The van der Waals surface area contributed by atoms with Crippen LogP contribution in [0.15, 0.2) is 12.4 Å². The van der Waals surface area contributed by atoms with Crippen LogP contribution in [0.1, 0.15) is 31.2 Å². The maximum absolute atomic E-state index is 4.33. The molecule has 2 fully saturated rings. The van der Waals surface area contributed by atoms with Gasteiger partial charge in [0.15, 0.2) is 0 Å². The molecule has 2 atom stereocenters. The molecule has 1 aromatic rings. The maximum Gasteiger partial charge on any atom is 0.0534 e. The van der Waals surface area contributed by atoms with E-state index in [1.54, 1.807) is 0 Å². The number of rotatable bonds is 4. The molecule has 0 spiro atoms. The number of nitrogens with zero attached hydrogens (tertiary/aromatic N) is 3. The molecule has 3 heterocycles. The predicted molar refractivity (Wildman–Crippen MR) is 72.6 cm³/mol. The lowest BCUT2D eigenvalue weighted by atomic mass is 9.99. The third-order valence-electron chi connectivity index (χ3n) is 4.37. The number of nitrogens with one attached hydrogen (secondary N) is 1. The fraction of sp³-hybridized carbons (Fsp3) is 0.786. The average molecular weight is 248 g/mol. The minimum absolute atomic E-state index is 0.710. The summed E-state index contributed by atoms with van der Waals surface area (Å²) < 4.78 is 2.04. The van der Waals surface area contributed by atoms with Gasteiger partial charge in [0.1, 0.15) is 0 Å². The van der Waals surface area contributed by atoms with E-state index in [4.69, 9.17) is 0 Å². The van der Waals surface area contributed by atoms with Crippen LogP contribution in [0.2, 0.25) is 0 Å². The van der Waals surface area contributed by atoms with Crippen LogP contribution in [0.4, 0.5) is 0 Å². The maximum atomic E-state index is 4.33. The fourth-order valence-corrected chi connectivity index (χ4v) is 3.44. The van der Waals surface area contributed by atoms with Gasteiger partial charge in [-0.1, -0.05) is 6.42 Å². The zero-order chi connectivity index (χ0) is 12.4. The SMILES string of the molecule is Cc1cnn(CCNC2CCN3CCCCC23)c1. The molecule has 1 aromatic heterocycles. The monoisotopic (exact) mass is 248 g/mol. The van der Waals surface area contributed by atoms with E-state index in [-0.39, 0.29) is 0 Å². The Hall–Kier alpha value is -0.870. The minimum Gasteiger partial charge on any atom is -0.311 e. The summed E-state index contributed by atoms with van der Waals surface area (Å²) in [7, 11) is 0. The Labute approximate surface area is 109 Å². The van der Waals surface area contributed by atoms with E-state index in [0.717, 1.165) is 19.1 Å². The van der Waals surface area contributed by atoms with Gasteiger partial charge in [0.05, 0.1) is 12.7 Å². The van der Waals surface area contributed by atoms with Crippen molar-refractivity contribution >= 4 is 0 Å². The van der Waals surface area contributed by atoms with E-state index >= 15 is 0 Å². The van der Waals surface area contributed by atoms with Gasteiger partial charge in [0, 0.05) is 31.4 Å². The van der Waals surface area contributed by atoms with E-state index < -0.39 is 0 Å². The van der Waals surface area contributed by atoms with Gasteiger partial charge >= 0.3 is 0 Å². The van der Waals surface area contributed by atoms with Crippen molar-refractivity contribution in [3.63, 3.8) is 0 Å². The first kappa shape index (κ1) is 12.2. The third kappa shape index (κ3) is 2.59. The highest BCUT2D eigenvalue weighted by atomic mass is 15.3. The molecule has 0 aliphatic carbocycles. The molecular weight excluding hydrogens is 224 g/mol. The van der Waals surface area contributed by atoms with E-state index in [2.05, 4.69) is 28.4 Å². The molecule has 3 rings (SSSR count). The number of piperidine rings is 1. The number of aromatic nitrogens is 2. The van der Waals surface area contributed by atoms with Crippen LogP contribution in [0.3, 0.4) is 0 Å². The minimum atomic E-state index is 0.710. The quantitative estimate of drug-likeness (QED) is 0.874. The Morgan fingerprint density at radius 3 is 3.11 bits per heavy atom. The highest BCUT2D eigenvalue weighted by Gasteiger charge is 2.34.